The van der Waals surface area contributed by atoms with E-state index in [1.807, 2.05) is 54.6 Å². The number of carbonyl (C=O) groups excluding carboxylic acids is 2. The van der Waals surface area contributed by atoms with Crippen LogP contribution in [0.4, 0.5) is 10.1 Å². The second-order valence-electron chi connectivity index (χ2n) is 7.99. The number of likely N-dealkylation sites (tertiary alicyclic amines) is 1. The fourth-order valence-corrected chi connectivity index (χ4v) is 3.77. The van der Waals surface area contributed by atoms with Gasteiger partial charge in [-0.2, -0.15) is 0 Å². The molecule has 0 saturated carbocycles. The van der Waals surface area contributed by atoms with Gasteiger partial charge in [-0.15, -0.1) is 0 Å². The van der Waals surface area contributed by atoms with Crippen molar-refractivity contribution < 1.29 is 18.7 Å². The Hall–Kier alpha value is -3.71. The number of nitrogens with one attached hydrogen (secondary N) is 2. The zero-order valence-corrected chi connectivity index (χ0v) is 18.2. The number of piperidine rings is 1. The lowest BCUT2D eigenvalue weighted by Crippen LogP contribution is -2.46. The van der Waals surface area contributed by atoms with Crippen LogP contribution in [0.5, 0.6) is 11.5 Å². The number of anilines is 1. The van der Waals surface area contributed by atoms with Crippen molar-refractivity contribution in [3.8, 4) is 11.5 Å². The molecule has 1 heterocycles. The normalized spacial score (nSPS) is 14.5. The molecule has 7 heteroatoms. The molecule has 0 bridgehead atoms. The van der Waals surface area contributed by atoms with Crippen LogP contribution in [0.1, 0.15) is 23.2 Å². The van der Waals surface area contributed by atoms with Crippen LogP contribution in [0, 0.1) is 5.82 Å². The summed E-state index contributed by atoms with van der Waals surface area (Å²) in [4.78, 5) is 27.0. The van der Waals surface area contributed by atoms with Crippen molar-refractivity contribution in [2.45, 2.75) is 18.9 Å². The van der Waals surface area contributed by atoms with Crippen LogP contribution in [0.3, 0.4) is 0 Å². The summed E-state index contributed by atoms with van der Waals surface area (Å²) in [5, 5.41) is 5.94. The third-order valence-electron chi connectivity index (χ3n) is 5.53. The van der Waals surface area contributed by atoms with E-state index in [2.05, 4.69) is 15.5 Å². The van der Waals surface area contributed by atoms with Gasteiger partial charge in [0.1, 0.15) is 11.6 Å². The van der Waals surface area contributed by atoms with Crippen LogP contribution in [-0.2, 0) is 4.79 Å². The lowest BCUT2D eigenvalue weighted by Gasteiger charge is -2.31. The second kappa shape index (κ2) is 10.7. The molecule has 33 heavy (non-hydrogen) atoms. The van der Waals surface area contributed by atoms with E-state index in [-0.39, 0.29) is 30.2 Å². The molecule has 1 fully saturated rings. The molecule has 170 valence electrons. The predicted octanol–water partition coefficient (Wildman–Crippen LogP) is 4.45. The van der Waals surface area contributed by atoms with Gasteiger partial charge in [0.2, 0.25) is 5.91 Å². The molecule has 1 aliphatic heterocycles. The summed E-state index contributed by atoms with van der Waals surface area (Å²) < 4.78 is 18.9. The van der Waals surface area contributed by atoms with E-state index in [1.165, 1.54) is 24.3 Å². The monoisotopic (exact) mass is 447 g/mol. The summed E-state index contributed by atoms with van der Waals surface area (Å²) >= 11 is 0. The van der Waals surface area contributed by atoms with E-state index in [9.17, 15) is 14.0 Å². The number of benzene rings is 3. The Kier molecular flexibility index (Phi) is 7.32. The molecule has 0 aromatic heterocycles. The maximum absolute atomic E-state index is 13.0. The Balaban J connectivity index is 1.25. The molecule has 1 aliphatic rings. The molecule has 4 rings (SSSR count). The lowest BCUT2D eigenvalue weighted by molar-refractivity contribution is -0.117. The molecule has 6 nitrogen and oxygen atoms in total. The smallest absolute Gasteiger partial charge is 0.251 e. The van der Waals surface area contributed by atoms with Crippen molar-refractivity contribution in [3.63, 3.8) is 0 Å². The number of hydrogen-bond acceptors (Lipinski definition) is 4. The van der Waals surface area contributed by atoms with Crippen LogP contribution in [0.15, 0.2) is 78.9 Å². The first-order valence-corrected chi connectivity index (χ1v) is 11.0. The zero-order valence-electron chi connectivity index (χ0n) is 18.2. The number of rotatable bonds is 7. The van der Waals surface area contributed by atoms with Crippen molar-refractivity contribution in [1.82, 2.24) is 10.2 Å². The second-order valence-corrected chi connectivity index (χ2v) is 7.99. The van der Waals surface area contributed by atoms with Crippen LogP contribution < -0.4 is 15.4 Å². The number of halogens is 1. The minimum atomic E-state index is -0.368. The highest BCUT2D eigenvalue weighted by atomic mass is 19.1. The van der Waals surface area contributed by atoms with E-state index < -0.39 is 0 Å². The Labute approximate surface area is 192 Å². The summed E-state index contributed by atoms with van der Waals surface area (Å²) in [6.45, 7) is 1.66. The van der Waals surface area contributed by atoms with Crippen molar-refractivity contribution >= 4 is 17.5 Å². The van der Waals surface area contributed by atoms with Gasteiger partial charge in [0, 0.05) is 24.7 Å². The Morgan fingerprint density at radius 3 is 2.30 bits per heavy atom. The molecule has 3 aromatic carbocycles. The van der Waals surface area contributed by atoms with E-state index in [1.54, 1.807) is 0 Å². The van der Waals surface area contributed by atoms with Gasteiger partial charge in [0.25, 0.3) is 5.91 Å². The first-order chi connectivity index (χ1) is 16.1. The molecule has 0 atom stereocenters. The highest BCUT2D eigenvalue weighted by Gasteiger charge is 2.23. The minimum Gasteiger partial charge on any atom is -0.455 e. The number of ether oxygens (including phenoxy) is 1. The van der Waals surface area contributed by atoms with Crippen molar-refractivity contribution in [1.29, 1.82) is 0 Å². The minimum absolute atomic E-state index is 0.0295. The average Bonchev–Trinajstić information content (AvgIpc) is 2.83. The van der Waals surface area contributed by atoms with E-state index in [4.69, 9.17) is 4.74 Å². The molecule has 1 saturated heterocycles. The van der Waals surface area contributed by atoms with Crippen LogP contribution in [-0.4, -0.2) is 42.4 Å². The highest BCUT2D eigenvalue weighted by Crippen LogP contribution is 2.29. The summed E-state index contributed by atoms with van der Waals surface area (Å²) in [7, 11) is 0. The van der Waals surface area contributed by atoms with Crippen LogP contribution in [0.2, 0.25) is 0 Å². The summed E-state index contributed by atoms with van der Waals surface area (Å²) in [6.07, 6.45) is 1.49. The molecule has 0 aliphatic carbocycles. The van der Waals surface area contributed by atoms with Gasteiger partial charge >= 0.3 is 0 Å². The molecular formula is C26H26FN3O3. The van der Waals surface area contributed by atoms with Gasteiger partial charge in [-0.05, 0) is 61.4 Å². The standard InChI is InChI=1S/C26H26FN3O3/c27-20-12-10-19(11-13-20)26(32)28-21-14-16-30(17-15-21)18-25(31)29-23-8-4-5-9-24(23)33-22-6-2-1-3-7-22/h1-13,21H,14-18H2,(H,28,32)(H,29,31). The van der Waals surface area contributed by atoms with Gasteiger partial charge in [-0.1, -0.05) is 30.3 Å². The highest BCUT2D eigenvalue weighted by molar-refractivity contribution is 5.94. The first kappa shape index (κ1) is 22.5. The number of amides is 2. The van der Waals surface area contributed by atoms with Gasteiger partial charge in [-0.25, -0.2) is 4.39 Å². The summed E-state index contributed by atoms with van der Waals surface area (Å²) in [5.41, 5.74) is 1.06. The molecule has 2 amide bonds. The Morgan fingerprint density at radius 1 is 0.909 bits per heavy atom. The SMILES string of the molecule is O=C(CN1CCC(NC(=O)c2ccc(F)cc2)CC1)Nc1ccccc1Oc1ccccc1. The average molecular weight is 448 g/mol. The maximum atomic E-state index is 13.0. The topological polar surface area (TPSA) is 70.7 Å². The molecular weight excluding hydrogens is 421 g/mol. The van der Waals surface area contributed by atoms with Gasteiger partial charge in [0.05, 0.1) is 12.2 Å². The third-order valence-corrected chi connectivity index (χ3v) is 5.53. The molecule has 0 unspecified atom stereocenters. The lowest BCUT2D eigenvalue weighted by atomic mass is 10.0. The quantitative estimate of drug-likeness (QED) is 0.561. The molecule has 0 spiro atoms. The molecule has 3 aromatic rings. The molecule has 0 radical (unpaired) electrons. The van der Waals surface area contributed by atoms with Crippen molar-refractivity contribution in [2.75, 3.05) is 25.0 Å². The number of nitrogens with zero attached hydrogens (tertiary/aromatic N) is 1. The molecule has 2 N–H and O–H groups in total. The fraction of sp³-hybridized carbons (Fsp3) is 0.231. The van der Waals surface area contributed by atoms with E-state index in [0.717, 1.165) is 12.8 Å². The van der Waals surface area contributed by atoms with Gasteiger partial charge in [-0.3, -0.25) is 14.5 Å². The van der Waals surface area contributed by atoms with E-state index >= 15 is 0 Å². The number of hydrogen-bond donors (Lipinski definition) is 2. The number of para-hydroxylation sites is 3. The Bertz CT molecular complexity index is 1080. The van der Waals surface area contributed by atoms with Gasteiger partial charge < -0.3 is 15.4 Å². The Morgan fingerprint density at radius 2 is 1.58 bits per heavy atom. The first-order valence-electron chi connectivity index (χ1n) is 11.0. The fourth-order valence-electron chi connectivity index (χ4n) is 3.77. The van der Waals surface area contributed by atoms with Crippen molar-refractivity contribution in [2.24, 2.45) is 0 Å². The third kappa shape index (κ3) is 6.40. The van der Waals surface area contributed by atoms with Crippen molar-refractivity contribution in [3.05, 3.63) is 90.2 Å². The largest absolute Gasteiger partial charge is 0.455 e. The van der Waals surface area contributed by atoms with Crippen LogP contribution >= 0.6 is 0 Å². The van der Waals surface area contributed by atoms with E-state index in [0.29, 0.717) is 35.8 Å². The predicted molar refractivity (Wildman–Crippen MR) is 125 cm³/mol. The summed E-state index contributed by atoms with van der Waals surface area (Å²) in [6, 6.07) is 22.3. The van der Waals surface area contributed by atoms with Gasteiger partial charge in [0.15, 0.2) is 5.75 Å². The summed E-state index contributed by atoms with van der Waals surface area (Å²) in [5.74, 6) is 0.588. The van der Waals surface area contributed by atoms with Crippen LogP contribution in [0.25, 0.3) is 0 Å². The number of carbonyl (C=O) groups is 2. The maximum Gasteiger partial charge on any atom is 0.251 e. The zero-order chi connectivity index (χ0) is 23.0.